The summed E-state index contributed by atoms with van der Waals surface area (Å²) in [5.74, 6) is 0. The summed E-state index contributed by atoms with van der Waals surface area (Å²) < 4.78 is 0. The first kappa shape index (κ1) is 8.09. The highest BCUT2D eigenvalue weighted by molar-refractivity contribution is 5.90. The van der Waals surface area contributed by atoms with Gasteiger partial charge in [0.15, 0.2) is 0 Å². The Balaban J connectivity index is 2.05. The van der Waals surface area contributed by atoms with Crippen molar-refractivity contribution >= 4 is 5.71 Å². The zero-order chi connectivity index (χ0) is 8.82. The molecule has 0 N–H and O–H groups in total. The molecule has 2 aliphatic rings. The molecule has 2 nitrogen and oxygen atoms in total. The fourth-order valence-corrected chi connectivity index (χ4v) is 1.76. The number of nitrogens with zero attached hydrogens (tertiary/aromatic N) is 1. The Morgan fingerprint density at radius 3 is 2.25 bits per heavy atom. The highest BCUT2D eigenvalue weighted by Crippen LogP contribution is 2.44. The summed E-state index contributed by atoms with van der Waals surface area (Å²) in [6.07, 6.45) is 4.79. The molecule has 0 radical (unpaired) electrons. The first-order valence-corrected chi connectivity index (χ1v) is 4.77. The van der Waals surface area contributed by atoms with Gasteiger partial charge in [0, 0.05) is 11.8 Å². The first-order chi connectivity index (χ1) is 5.52. The van der Waals surface area contributed by atoms with Crippen LogP contribution >= 0.6 is 0 Å². The van der Waals surface area contributed by atoms with Gasteiger partial charge in [-0.05, 0) is 19.3 Å². The number of rotatable bonds is 0. The van der Waals surface area contributed by atoms with Gasteiger partial charge >= 0.3 is 0 Å². The molecule has 12 heavy (non-hydrogen) atoms. The third kappa shape index (κ3) is 1.13. The Hall–Kier alpha value is -0.530. The second kappa shape index (κ2) is 2.24. The third-order valence-electron chi connectivity index (χ3n) is 2.97. The van der Waals surface area contributed by atoms with Crippen LogP contribution in [0.15, 0.2) is 5.16 Å². The van der Waals surface area contributed by atoms with E-state index >= 15 is 0 Å². The zero-order valence-corrected chi connectivity index (χ0v) is 8.18. The summed E-state index contributed by atoms with van der Waals surface area (Å²) in [5, 5.41) is 4.20. The van der Waals surface area contributed by atoms with Crippen molar-refractivity contribution in [2.75, 3.05) is 0 Å². The predicted octanol–water partition coefficient (Wildman–Crippen LogP) is 2.73. The van der Waals surface area contributed by atoms with E-state index in [9.17, 15) is 0 Å². The molecule has 1 fully saturated rings. The van der Waals surface area contributed by atoms with Crippen LogP contribution in [0.4, 0.5) is 0 Å². The summed E-state index contributed by atoms with van der Waals surface area (Å²) in [5.41, 5.74) is 1.57. The second-order valence-corrected chi connectivity index (χ2v) is 5.09. The van der Waals surface area contributed by atoms with Gasteiger partial charge in [0.05, 0.1) is 5.71 Å². The van der Waals surface area contributed by atoms with Gasteiger partial charge in [-0.1, -0.05) is 25.9 Å². The van der Waals surface area contributed by atoms with Crippen LogP contribution in [0.1, 0.15) is 46.5 Å². The van der Waals surface area contributed by atoms with E-state index in [1.807, 2.05) is 0 Å². The van der Waals surface area contributed by atoms with E-state index in [0.717, 1.165) is 6.42 Å². The van der Waals surface area contributed by atoms with Crippen LogP contribution in [0.2, 0.25) is 0 Å². The van der Waals surface area contributed by atoms with Gasteiger partial charge in [0.25, 0.3) is 0 Å². The topological polar surface area (TPSA) is 21.6 Å². The van der Waals surface area contributed by atoms with E-state index in [0.29, 0.717) is 0 Å². The lowest BCUT2D eigenvalue weighted by molar-refractivity contribution is -0.0755. The van der Waals surface area contributed by atoms with E-state index in [-0.39, 0.29) is 11.0 Å². The van der Waals surface area contributed by atoms with Crippen molar-refractivity contribution in [2.24, 2.45) is 10.6 Å². The summed E-state index contributed by atoms with van der Waals surface area (Å²) in [6.45, 7) is 6.60. The Kier molecular flexibility index (Phi) is 1.51. The molecule has 1 spiro atoms. The van der Waals surface area contributed by atoms with Crippen molar-refractivity contribution in [3.8, 4) is 0 Å². The van der Waals surface area contributed by atoms with Crippen molar-refractivity contribution < 1.29 is 4.84 Å². The van der Waals surface area contributed by atoms with Gasteiger partial charge in [-0.2, -0.15) is 0 Å². The van der Waals surface area contributed by atoms with Gasteiger partial charge in [-0.15, -0.1) is 0 Å². The number of hydrogen-bond donors (Lipinski definition) is 0. The number of oxime groups is 1. The van der Waals surface area contributed by atoms with Crippen molar-refractivity contribution in [2.45, 2.75) is 52.1 Å². The molecular weight excluding hydrogens is 150 g/mol. The predicted molar refractivity (Wildman–Crippen MR) is 49.2 cm³/mol. The Morgan fingerprint density at radius 1 is 1.33 bits per heavy atom. The molecule has 1 heterocycles. The summed E-state index contributed by atoms with van der Waals surface area (Å²) >= 11 is 0. The highest BCUT2D eigenvalue weighted by atomic mass is 16.7. The van der Waals surface area contributed by atoms with Gasteiger partial charge in [-0.25, -0.2) is 0 Å². The van der Waals surface area contributed by atoms with Gasteiger partial charge < -0.3 is 4.84 Å². The maximum absolute atomic E-state index is 5.50. The molecule has 0 aromatic rings. The minimum Gasteiger partial charge on any atom is -0.389 e. The fraction of sp³-hybridized carbons (Fsp3) is 0.900. The van der Waals surface area contributed by atoms with Crippen LogP contribution in [0.5, 0.6) is 0 Å². The molecule has 2 rings (SSSR count). The molecule has 0 aromatic carbocycles. The molecule has 68 valence electrons. The average Bonchev–Trinajstić information content (AvgIpc) is 2.26. The van der Waals surface area contributed by atoms with Crippen molar-refractivity contribution in [1.29, 1.82) is 0 Å². The largest absolute Gasteiger partial charge is 0.389 e. The van der Waals surface area contributed by atoms with Crippen molar-refractivity contribution in [1.82, 2.24) is 0 Å². The van der Waals surface area contributed by atoms with Crippen LogP contribution in [-0.4, -0.2) is 11.3 Å². The lowest BCUT2D eigenvalue weighted by atomic mass is 9.73. The van der Waals surface area contributed by atoms with Crippen LogP contribution in [-0.2, 0) is 4.84 Å². The van der Waals surface area contributed by atoms with E-state index in [1.54, 1.807) is 0 Å². The van der Waals surface area contributed by atoms with Crippen LogP contribution in [0.3, 0.4) is 0 Å². The molecule has 0 bridgehead atoms. The zero-order valence-electron chi connectivity index (χ0n) is 8.18. The van der Waals surface area contributed by atoms with Crippen LogP contribution in [0, 0.1) is 5.41 Å². The van der Waals surface area contributed by atoms with Crippen molar-refractivity contribution in [3.05, 3.63) is 0 Å². The van der Waals surface area contributed by atoms with Crippen LogP contribution < -0.4 is 0 Å². The maximum atomic E-state index is 5.50. The molecule has 1 aliphatic carbocycles. The Bertz CT molecular complexity index is 220. The lowest BCUT2D eigenvalue weighted by Crippen LogP contribution is -2.38. The minimum absolute atomic E-state index is 0.141. The lowest BCUT2D eigenvalue weighted by Gasteiger charge is -2.35. The molecule has 1 aliphatic heterocycles. The molecule has 0 saturated heterocycles. The normalized spacial score (nSPS) is 26.4. The van der Waals surface area contributed by atoms with Gasteiger partial charge in [0.1, 0.15) is 5.60 Å². The standard InChI is InChI=1S/C10H17NO/c1-9(2,3)8-7-10(12-11-8)5-4-6-10/h4-7H2,1-3H3. The summed E-state index contributed by atoms with van der Waals surface area (Å²) in [6, 6.07) is 0. The molecule has 1 saturated carbocycles. The Morgan fingerprint density at radius 2 is 2.00 bits per heavy atom. The summed E-state index contributed by atoms with van der Waals surface area (Å²) in [4.78, 5) is 5.50. The summed E-state index contributed by atoms with van der Waals surface area (Å²) in [7, 11) is 0. The molecule has 2 heteroatoms. The smallest absolute Gasteiger partial charge is 0.143 e. The van der Waals surface area contributed by atoms with E-state index in [4.69, 9.17) is 4.84 Å². The fourth-order valence-electron chi connectivity index (χ4n) is 1.76. The molecule has 0 aromatic heterocycles. The first-order valence-electron chi connectivity index (χ1n) is 4.77. The second-order valence-electron chi connectivity index (χ2n) is 5.09. The van der Waals surface area contributed by atoms with E-state index < -0.39 is 0 Å². The minimum atomic E-state index is 0.141. The Labute approximate surface area is 74.0 Å². The van der Waals surface area contributed by atoms with E-state index in [1.165, 1.54) is 25.0 Å². The highest BCUT2D eigenvalue weighted by Gasteiger charge is 2.46. The molecular formula is C10H17NO. The average molecular weight is 167 g/mol. The number of hydrogen-bond acceptors (Lipinski definition) is 2. The van der Waals surface area contributed by atoms with Gasteiger partial charge in [-0.3, -0.25) is 0 Å². The third-order valence-corrected chi connectivity index (χ3v) is 2.97. The monoisotopic (exact) mass is 167 g/mol. The molecule has 0 atom stereocenters. The maximum Gasteiger partial charge on any atom is 0.143 e. The van der Waals surface area contributed by atoms with Crippen LogP contribution in [0.25, 0.3) is 0 Å². The SMILES string of the molecule is CC(C)(C)C1=NOC2(CCC2)C1. The quantitative estimate of drug-likeness (QED) is 0.543. The molecule has 0 unspecified atom stereocenters. The molecule has 0 amide bonds. The van der Waals surface area contributed by atoms with Gasteiger partial charge in [0.2, 0.25) is 0 Å². The van der Waals surface area contributed by atoms with Crippen molar-refractivity contribution in [3.63, 3.8) is 0 Å². The van der Waals surface area contributed by atoms with E-state index in [2.05, 4.69) is 25.9 Å².